The van der Waals surface area contributed by atoms with Gasteiger partial charge in [-0.1, -0.05) is 53.7 Å². The number of aliphatic imine (C=N–C) groups is 1. The van der Waals surface area contributed by atoms with Gasteiger partial charge in [0.15, 0.2) is 0 Å². The highest BCUT2D eigenvalue weighted by Crippen LogP contribution is 2.51. The molecular weight excluding hydrogens is 488 g/mol. The zero-order valence-electron chi connectivity index (χ0n) is 25.3. The fourth-order valence-corrected chi connectivity index (χ4v) is 7.07. The number of rotatable bonds is 7. The van der Waals surface area contributed by atoms with Crippen LogP contribution in [0.15, 0.2) is 29.3 Å². The van der Waals surface area contributed by atoms with Crippen LogP contribution in [-0.4, -0.2) is 46.5 Å². The summed E-state index contributed by atoms with van der Waals surface area (Å²) in [5.41, 5.74) is 1.89. The summed E-state index contributed by atoms with van der Waals surface area (Å²) in [6.45, 7) is 13.7. The zero-order chi connectivity index (χ0) is 28.6. The van der Waals surface area contributed by atoms with Crippen molar-refractivity contribution in [1.82, 2.24) is 4.90 Å². The molecule has 1 N–H and O–H groups in total. The first-order valence-corrected chi connectivity index (χ1v) is 15.0. The molecule has 2 saturated carbocycles. The standard InChI is InChI=1S/C33H50N2O4/c1-31(2,3)19-18-27(22-8-10-24(11-9-22)30(37)38)35-29(36)28(23-12-14-26(39-7)15-13-23)34-33(35)20-16-25(17-21-33)32(4,5)6/h8-11,23,25-27H,12-21H2,1-7H3,(H,37,38)/t23?,25?,26?,27-,33?/m1/s1. The van der Waals surface area contributed by atoms with E-state index in [4.69, 9.17) is 9.73 Å². The highest BCUT2D eigenvalue weighted by molar-refractivity contribution is 6.41. The van der Waals surface area contributed by atoms with Crippen molar-refractivity contribution in [1.29, 1.82) is 0 Å². The topological polar surface area (TPSA) is 79.2 Å². The first-order chi connectivity index (χ1) is 18.2. The Kier molecular flexibility index (Phi) is 8.66. The summed E-state index contributed by atoms with van der Waals surface area (Å²) < 4.78 is 5.61. The van der Waals surface area contributed by atoms with Crippen LogP contribution in [0.5, 0.6) is 0 Å². The number of amides is 1. The summed E-state index contributed by atoms with van der Waals surface area (Å²) in [5, 5.41) is 9.49. The van der Waals surface area contributed by atoms with Gasteiger partial charge in [-0.15, -0.1) is 0 Å². The van der Waals surface area contributed by atoms with Crippen LogP contribution in [0.2, 0.25) is 0 Å². The maximum absolute atomic E-state index is 14.5. The van der Waals surface area contributed by atoms with Crippen LogP contribution in [0, 0.1) is 22.7 Å². The number of hydrogen-bond donors (Lipinski definition) is 1. The third-order valence-electron chi connectivity index (χ3n) is 9.64. The van der Waals surface area contributed by atoms with E-state index in [1.807, 2.05) is 12.1 Å². The number of carbonyl (C=O) groups excluding carboxylic acids is 1. The largest absolute Gasteiger partial charge is 0.478 e. The number of nitrogens with zero attached hydrogens (tertiary/aromatic N) is 2. The molecular formula is C33H50N2O4. The molecule has 0 unspecified atom stereocenters. The van der Waals surface area contributed by atoms with Crippen LogP contribution in [-0.2, 0) is 9.53 Å². The van der Waals surface area contributed by atoms with E-state index in [9.17, 15) is 14.7 Å². The summed E-state index contributed by atoms with van der Waals surface area (Å²) in [4.78, 5) is 33.6. The van der Waals surface area contributed by atoms with Gasteiger partial charge >= 0.3 is 5.97 Å². The Hall–Kier alpha value is -2.21. The van der Waals surface area contributed by atoms with Gasteiger partial charge in [0, 0.05) is 13.0 Å². The van der Waals surface area contributed by atoms with E-state index in [1.165, 1.54) is 0 Å². The lowest BCUT2D eigenvalue weighted by Crippen LogP contribution is -2.51. The van der Waals surface area contributed by atoms with E-state index in [0.29, 0.717) is 5.92 Å². The monoisotopic (exact) mass is 538 g/mol. The lowest BCUT2D eigenvalue weighted by Gasteiger charge is -2.48. The molecule has 1 aromatic rings. The number of ether oxygens (including phenoxy) is 1. The Morgan fingerprint density at radius 3 is 2.10 bits per heavy atom. The van der Waals surface area contributed by atoms with E-state index in [2.05, 4.69) is 46.4 Å². The van der Waals surface area contributed by atoms with E-state index in [-0.39, 0.29) is 40.4 Å². The van der Waals surface area contributed by atoms with Gasteiger partial charge in [0.2, 0.25) is 0 Å². The maximum Gasteiger partial charge on any atom is 0.335 e. The molecule has 0 bridgehead atoms. The molecule has 2 fully saturated rings. The van der Waals surface area contributed by atoms with Gasteiger partial charge in [-0.05, 0) is 98.7 Å². The van der Waals surface area contributed by atoms with Crippen molar-refractivity contribution in [3.8, 4) is 0 Å². The second-order valence-electron chi connectivity index (χ2n) is 14.5. The Bertz CT molecular complexity index is 1050. The third-order valence-corrected chi connectivity index (χ3v) is 9.64. The normalized spacial score (nSPS) is 29.0. The lowest BCUT2D eigenvalue weighted by molar-refractivity contribution is -0.134. The van der Waals surface area contributed by atoms with Crippen LogP contribution in [0.1, 0.15) is 128 Å². The average molecular weight is 539 g/mol. The predicted molar refractivity (Wildman–Crippen MR) is 156 cm³/mol. The molecule has 0 aromatic heterocycles. The number of aromatic carboxylic acids is 1. The average Bonchev–Trinajstić information content (AvgIpc) is 3.15. The van der Waals surface area contributed by atoms with Gasteiger partial charge in [0.25, 0.3) is 5.91 Å². The van der Waals surface area contributed by atoms with Crippen molar-refractivity contribution >= 4 is 17.6 Å². The Morgan fingerprint density at radius 1 is 1.03 bits per heavy atom. The molecule has 1 atom stereocenters. The smallest absolute Gasteiger partial charge is 0.335 e. The molecule has 1 aliphatic heterocycles. The molecule has 0 radical (unpaired) electrons. The van der Waals surface area contributed by atoms with Crippen molar-refractivity contribution in [2.24, 2.45) is 27.7 Å². The second kappa shape index (κ2) is 11.3. The number of benzene rings is 1. The highest BCUT2D eigenvalue weighted by Gasteiger charge is 2.53. The fourth-order valence-electron chi connectivity index (χ4n) is 7.07. The molecule has 6 heteroatoms. The van der Waals surface area contributed by atoms with E-state index >= 15 is 0 Å². The van der Waals surface area contributed by atoms with Gasteiger partial charge in [-0.25, -0.2) is 4.79 Å². The fraction of sp³-hybridized carbons (Fsp3) is 0.727. The number of carbonyl (C=O) groups is 2. The Morgan fingerprint density at radius 2 is 1.62 bits per heavy atom. The molecule has 2 aliphatic carbocycles. The number of methoxy groups -OCH3 is 1. The number of carboxylic acids is 1. The van der Waals surface area contributed by atoms with Gasteiger partial charge in [0.05, 0.1) is 17.7 Å². The van der Waals surface area contributed by atoms with Crippen molar-refractivity contribution in [2.45, 2.75) is 124 Å². The maximum atomic E-state index is 14.5. The zero-order valence-corrected chi connectivity index (χ0v) is 25.3. The van der Waals surface area contributed by atoms with E-state index < -0.39 is 11.6 Å². The molecule has 1 heterocycles. The van der Waals surface area contributed by atoms with Crippen LogP contribution >= 0.6 is 0 Å². The third kappa shape index (κ3) is 6.58. The van der Waals surface area contributed by atoms with Crippen LogP contribution in [0.25, 0.3) is 0 Å². The molecule has 1 aromatic carbocycles. The van der Waals surface area contributed by atoms with Crippen molar-refractivity contribution < 1.29 is 19.4 Å². The molecule has 3 aliphatic rings. The van der Waals surface area contributed by atoms with Crippen molar-refractivity contribution in [2.75, 3.05) is 7.11 Å². The Labute approximate surface area is 235 Å². The van der Waals surface area contributed by atoms with Crippen LogP contribution in [0.3, 0.4) is 0 Å². The van der Waals surface area contributed by atoms with Gasteiger partial charge in [-0.2, -0.15) is 0 Å². The Balaban J connectivity index is 1.72. The summed E-state index contributed by atoms with van der Waals surface area (Å²) in [5.74, 6) is -0.0336. The summed E-state index contributed by atoms with van der Waals surface area (Å²) in [6, 6.07) is 7.06. The molecule has 0 saturated heterocycles. The minimum Gasteiger partial charge on any atom is -0.478 e. The molecule has 39 heavy (non-hydrogen) atoms. The molecule has 1 amide bonds. The molecule has 4 rings (SSSR count). The first kappa shape index (κ1) is 29.8. The van der Waals surface area contributed by atoms with Crippen molar-refractivity contribution in [3.63, 3.8) is 0 Å². The van der Waals surface area contributed by atoms with E-state index in [1.54, 1.807) is 19.2 Å². The van der Waals surface area contributed by atoms with Crippen molar-refractivity contribution in [3.05, 3.63) is 35.4 Å². The minimum atomic E-state index is -0.931. The second-order valence-corrected chi connectivity index (χ2v) is 14.5. The molecule has 6 nitrogen and oxygen atoms in total. The van der Waals surface area contributed by atoms with Gasteiger partial charge in [0.1, 0.15) is 11.4 Å². The molecule has 216 valence electrons. The quantitative estimate of drug-likeness (QED) is 0.386. The van der Waals surface area contributed by atoms with Crippen LogP contribution in [0.4, 0.5) is 0 Å². The number of hydrogen-bond acceptors (Lipinski definition) is 4. The predicted octanol–water partition coefficient (Wildman–Crippen LogP) is 7.67. The molecule has 1 spiro atoms. The van der Waals surface area contributed by atoms with E-state index in [0.717, 1.165) is 75.5 Å². The van der Waals surface area contributed by atoms with Gasteiger partial charge in [-0.3, -0.25) is 9.79 Å². The van der Waals surface area contributed by atoms with Crippen LogP contribution < -0.4 is 0 Å². The lowest BCUT2D eigenvalue weighted by atomic mass is 9.69. The summed E-state index contributed by atoms with van der Waals surface area (Å²) in [7, 11) is 1.78. The van der Waals surface area contributed by atoms with Gasteiger partial charge < -0.3 is 14.7 Å². The minimum absolute atomic E-state index is 0.103. The summed E-state index contributed by atoms with van der Waals surface area (Å²) in [6.07, 6.45) is 9.77. The first-order valence-electron chi connectivity index (χ1n) is 15.0. The summed E-state index contributed by atoms with van der Waals surface area (Å²) >= 11 is 0. The highest BCUT2D eigenvalue weighted by atomic mass is 16.5. The number of carboxylic acid groups (broad SMARTS) is 1. The SMILES string of the molecule is COC1CCC(C2=NC3(CCC(C(C)(C)C)CC3)N([C@H](CCC(C)(C)C)c3ccc(C(=O)O)cc3)C2=O)CC1.